The van der Waals surface area contributed by atoms with Gasteiger partial charge in [-0.3, -0.25) is 0 Å². The first-order valence-corrected chi connectivity index (χ1v) is 6.81. The van der Waals surface area contributed by atoms with E-state index in [1.165, 1.54) is 11.3 Å². The Balaban J connectivity index is 0.000000581. The van der Waals surface area contributed by atoms with Crippen molar-refractivity contribution in [2.45, 2.75) is 48.5 Å². The molecule has 2 nitrogen and oxygen atoms in total. The molecule has 0 saturated heterocycles. The first-order chi connectivity index (χ1) is 8.09. The molecule has 2 aromatic heterocycles. The summed E-state index contributed by atoms with van der Waals surface area (Å²) >= 11 is 1.43. The Morgan fingerprint density at radius 1 is 0.941 bits per heavy atom. The van der Waals surface area contributed by atoms with Crippen LogP contribution >= 0.6 is 11.3 Å². The molecule has 17 heavy (non-hydrogen) atoms. The number of aryl methyl sites for hydroxylation is 2. The second-order valence-corrected chi connectivity index (χ2v) is 4.20. The van der Waals surface area contributed by atoms with Crippen LogP contribution in [-0.4, -0.2) is 9.97 Å². The number of fused-ring (bicyclic) bond motifs is 1. The highest BCUT2D eigenvalue weighted by Crippen LogP contribution is 2.24. The van der Waals surface area contributed by atoms with Gasteiger partial charge in [-0.2, -0.15) is 0 Å². The third-order valence-corrected chi connectivity index (χ3v) is 2.93. The Morgan fingerprint density at radius 3 is 2.00 bits per heavy atom. The summed E-state index contributed by atoms with van der Waals surface area (Å²) in [5.41, 5.74) is 1.75. The zero-order chi connectivity index (χ0) is 13.6. The molecule has 96 valence electrons. The fourth-order valence-electron chi connectivity index (χ4n) is 1.21. The maximum atomic E-state index is 13.6. The molecule has 0 unspecified atom stereocenters. The third-order valence-electron chi connectivity index (χ3n) is 2.07. The number of nitrogens with zero attached hydrogens (tertiary/aromatic N) is 2. The van der Waals surface area contributed by atoms with Gasteiger partial charge in [0.25, 0.3) is 0 Å². The van der Waals surface area contributed by atoms with E-state index < -0.39 is 0 Å². The minimum Gasteiger partial charge on any atom is -0.240 e. The van der Waals surface area contributed by atoms with Crippen LogP contribution in [0.3, 0.4) is 0 Å². The molecule has 0 radical (unpaired) electrons. The van der Waals surface area contributed by atoms with Crippen LogP contribution in [0.2, 0.25) is 0 Å². The minimum atomic E-state index is -0.230. The van der Waals surface area contributed by atoms with Gasteiger partial charge in [0.2, 0.25) is 0 Å². The molecular formula is C13H21FN2S. The van der Waals surface area contributed by atoms with Gasteiger partial charge in [-0.15, -0.1) is 0 Å². The lowest BCUT2D eigenvalue weighted by Gasteiger charge is -1.99. The fourth-order valence-corrected chi connectivity index (χ4v) is 2.04. The summed E-state index contributed by atoms with van der Waals surface area (Å²) in [5.74, 6) is -0.230. The van der Waals surface area contributed by atoms with E-state index in [2.05, 4.69) is 9.97 Å². The number of aromatic nitrogens is 2. The van der Waals surface area contributed by atoms with Gasteiger partial charge in [0.15, 0.2) is 5.82 Å². The molecule has 2 rings (SSSR count). The van der Waals surface area contributed by atoms with E-state index in [1.54, 1.807) is 6.92 Å². The van der Waals surface area contributed by atoms with Crippen molar-refractivity contribution in [1.82, 2.24) is 9.97 Å². The van der Waals surface area contributed by atoms with Crippen LogP contribution in [0.25, 0.3) is 10.3 Å². The summed E-state index contributed by atoms with van der Waals surface area (Å²) in [6.07, 6.45) is 0. The maximum Gasteiger partial charge on any atom is 0.156 e. The van der Waals surface area contributed by atoms with Crippen molar-refractivity contribution in [2.75, 3.05) is 0 Å². The highest BCUT2D eigenvalue weighted by Gasteiger charge is 2.12. The topological polar surface area (TPSA) is 25.8 Å². The van der Waals surface area contributed by atoms with Crippen LogP contribution < -0.4 is 0 Å². The van der Waals surface area contributed by atoms with Crippen molar-refractivity contribution in [2.24, 2.45) is 0 Å². The Kier molecular flexibility index (Phi) is 6.88. The van der Waals surface area contributed by atoms with Gasteiger partial charge in [0, 0.05) is 11.3 Å². The highest BCUT2D eigenvalue weighted by atomic mass is 32.1. The summed E-state index contributed by atoms with van der Waals surface area (Å²) in [6.45, 7) is 13.4. The molecule has 0 amide bonds. The highest BCUT2D eigenvalue weighted by molar-refractivity contribution is 7.18. The van der Waals surface area contributed by atoms with Gasteiger partial charge < -0.3 is 0 Å². The molecule has 0 spiro atoms. The quantitative estimate of drug-likeness (QED) is 0.676. The van der Waals surface area contributed by atoms with Crippen molar-refractivity contribution in [3.05, 3.63) is 22.1 Å². The number of halogens is 1. The summed E-state index contributed by atoms with van der Waals surface area (Å²) in [7, 11) is 0. The second-order valence-electron chi connectivity index (χ2n) is 3.02. The largest absolute Gasteiger partial charge is 0.240 e. The number of thiazole rings is 1. The van der Waals surface area contributed by atoms with Crippen LogP contribution in [0.4, 0.5) is 4.39 Å². The summed E-state index contributed by atoms with van der Waals surface area (Å²) in [4.78, 5) is 9.06. The maximum absolute atomic E-state index is 13.6. The monoisotopic (exact) mass is 256 g/mol. The lowest BCUT2D eigenvalue weighted by atomic mass is 10.2. The normalized spacial score (nSPS) is 9.18. The van der Waals surface area contributed by atoms with Crippen LogP contribution in [-0.2, 0) is 0 Å². The average molecular weight is 256 g/mol. The average Bonchev–Trinajstić information content (AvgIpc) is 2.72. The van der Waals surface area contributed by atoms with Crippen molar-refractivity contribution in [3.8, 4) is 0 Å². The molecule has 0 aliphatic heterocycles. The molecule has 0 aliphatic carbocycles. The van der Waals surface area contributed by atoms with E-state index in [0.717, 1.165) is 10.7 Å². The van der Waals surface area contributed by atoms with E-state index in [9.17, 15) is 4.39 Å². The van der Waals surface area contributed by atoms with Gasteiger partial charge in [-0.1, -0.05) is 39.0 Å². The lowest BCUT2D eigenvalue weighted by Crippen LogP contribution is -1.92. The third kappa shape index (κ3) is 3.46. The molecule has 4 heteroatoms. The molecule has 0 bridgehead atoms. The minimum absolute atomic E-state index is 0.230. The van der Waals surface area contributed by atoms with Gasteiger partial charge in [0.1, 0.15) is 10.3 Å². The van der Waals surface area contributed by atoms with Crippen molar-refractivity contribution >= 4 is 21.7 Å². The molecule has 0 aliphatic rings. The number of hydrogen-bond donors (Lipinski definition) is 0. The molecule has 0 fully saturated rings. The Labute approximate surface area is 107 Å². The van der Waals surface area contributed by atoms with E-state index in [0.29, 0.717) is 15.9 Å². The number of hydrogen-bond acceptors (Lipinski definition) is 3. The first kappa shape index (κ1) is 16.0. The number of rotatable bonds is 0. The van der Waals surface area contributed by atoms with Gasteiger partial charge in [-0.05, 0) is 20.8 Å². The zero-order valence-electron chi connectivity index (χ0n) is 11.7. The zero-order valence-corrected chi connectivity index (χ0v) is 12.5. The summed E-state index contributed by atoms with van der Waals surface area (Å²) in [5, 5.41) is 0.853. The van der Waals surface area contributed by atoms with Crippen LogP contribution in [0.5, 0.6) is 0 Å². The number of pyridine rings is 1. The van der Waals surface area contributed by atoms with E-state index >= 15 is 0 Å². The van der Waals surface area contributed by atoms with Gasteiger partial charge in [-0.25, -0.2) is 14.4 Å². The first-order valence-electron chi connectivity index (χ1n) is 5.99. The van der Waals surface area contributed by atoms with Crippen molar-refractivity contribution < 1.29 is 4.39 Å². The Morgan fingerprint density at radius 2 is 1.47 bits per heavy atom. The molecular weight excluding hydrogens is 235 g/mol. The Bertz CT molecular complexity index is 478. The molecule has 2 heterocycles. The SMILES string of the molecule is CC.CC.Cc1nc2c(F)c(C)c(C)nc2s1. The van der Waals surface area contributed by atoms with E-state index in [4.69, 9.17) is 0 Å². The van der Waals surface area contributed by atoms with Crippen LogP contribution in [0.1, 0.15) is 44.0 Å². The van der Waals surface area contributed by atoms with Crippen molar-refractivity contribution in [1.29, 1.82) is 0 Å². The van der Waals surface area contributed by atoms with E-state index in [1.807, 2.05) is 41.5 Å². The standard InChI is InChI=1S/C9H9FN2S.2C2H6/c1-4-5(2)11-9-8(7(4)10)12-6(3)13-9;2*1-2/h1-3H3;2*1-2H3. The molecule has 0 N–H and O–H groups in total. The molecule has 0 aromatic carbocycles. The fraction of sp³-hybridized carbons (Fsp3) is 0.538. The molecule has 0 atom stereocenters. The van der Waals surface area contributed by atoms with Gasteiger partial charge in [0.05, 0.1) is 5.01 Å². The molecule has 0 saturated carbocycles. The van der Waals surface area contributed by atoms with Crippen molar-refractivity contribution in [3.63, 3.8) is 0 Å². The molecule has 2 aromatic rings. The van der Waals surface area contributed by atoms with Gasteiger partial charge >= 0.3 is 0 Å². The lowest BCUT2D eigenvalue weighted by molar-refractivity contribution is 0.624. The smallest absolute Gasteiger partial charge is 0.156 e. The Hall–Kier alpha value is -1.03. The van der Waals surface area contributed by atoms with Crippen LogP contribution in [0, 0.1) is 26.6 Å². The predicted molar refractivity (Wildman–Crippen MR) is 74.3 cm³/mol. The second kappa shape index (κ2) is 7.33. The van der Waals surface area contributed by atoms with E-state index in [-0.39, 0.29) is 5.82 Å². The summed E-state index contributed by atoms with van der Waals surface area (Å²) < 4.78 is 13.6. The van der Waals surface area contributed by atoms with Crippen LogP contribution in [0.15, 0.2) is 0 Å². The summed E-state index contributed by atoms with van der Waals surface area (Å²) in [6, 6.07) is 0. The predicted octanol–water partition coefficient (Wildman–Crippen LogP) is 4.81.